The molecule has 0 N–H and O–H groups in total. The maximum absolute atomic E-state index is 0. The second kappa shape index (κ2) is 16.6. The fraction of sp³-hybridized carbons (Fsp3) is 0. The summed E-state index contributed by atoms with van der Waals surface area (Å²) >= 11 is 0. The fourth-order valence-corrected chi connectivity index (χ4v) is 0. The van der Waals surface area contributed by atoms with Crippen molar-refractivity contribution in [1.82, 2.24) is 0 Å². The molecule has 0 heterocycles. The maximum atomic E-state index is 0. The molecule has 0 bridgehead atoms. The summed E-state index contributed by atoms with van der Waals surface area (Å²) in [7, 11) is 0. The van der Waals surface area contributed by atoms with E-state index in [1.54, 1.807) is 0 Å². The Morgan fingerprint density at radius 2 is 1.00 bits per heavy atom. The van der Waals surface area contributed by atoms with E-state index < -0.39 is 0 Å². The van der Waals surface area contributed by atoms with Crippen molar-refractivity contribution in [2.24, 2.45) is 0 Å². The van der Waals surface area contributed by atoms with Crippen molar-refractivity contribution < 1.29 is 94.8 Å². The third-order valence-corrected chi connectivity index (χ3v) is 0. The van der Waals surface area contributed by atoms with Crippen LogP contribution in [0.5, 0.6) is 0 Å². The largest absolute Gasteiger partial charge is 0 e. The van der Waals surface area contributed by atoms with Gasteiger partial charge in [0.2, 0.25) is 0 Å². The van der Waals surface area contributed by atoms with Crippen LogP contribution in [-0.4, -0.2) is 0 Å². The minimum atomic E-state index is 0. The molecular formula is CoFeNbTb. The second-order valence-corrected chi connectivity index (χ2v) is 0. The average Bonchev–Trinajstić information content (AvgIpc) is 0. The molecule has 0 aromatic carbocycles. The van der Waals surface area contributed by atoms with Crippen LogP contribution < -0.4 is 0 Å². The fourth-order valence-electron chi connectivity index (χ4n) is 0. The molecule has 0 amide bonds. The molecule has 0 spiro atoms. The van der Waals surface area contributed by atoms with Gasteiger partial charge in [-0.25, -0.2) is 0 Å². The first-order valence-electron chi connectivity index (χ1n) is 0. The van der Waals surface area contributed by atoms with Crippen LogP contribution >= 0.6 is 0 Å². The van der Waals surface area contributed by atoms with Crippen molar-refractivity contribution in [3.05, 3.63) is 0 Å². The van der Waals surface area contributed by atoms with Crippen LogP contribution in [0.4, 0.5) is 0 Å². The Morgan fingerprint density at radius 1 is 1.00 bits per heavy atom. The van der Waals surface area contributed by atoms with Crippen LogP contribution in [0.2, 0.25) is 0 Å². The molecule has 0 saturated carbocycles. The molecule has 31 valence electrons. The molecule has 0 unspecified atom stereocenters. The van der Waals surface area contributed by atoms with E-state index in [4.69, 9.17) is 0 Å². The third-order valence-electron chi connectivity index (χ3n) is 0. The standard InChI is InChI=1S/Co.Fe.Nb.Tb. The molecule has 0 fully saturated rings. The average molecular weight is 367 g/mol. The Balaban J connectivity index is 0. The summed E-state index contributed by atoms with van der Waals surface area (Å²) in [5, 5.41) is 0. The molecule has 0 aromatic rings. The van der Waals surface area contributed by atoms with Crippen LogP contribution in [0, 0.1) is 38.6 Å². The first-order valence-corrected chi connectivity index (χ1v) is 0. The van der Waals surface area contributed by atoms with Crippen molar-refractivity contribution in [3.8, 4) is 0 Å². The zero-order chi connectivity index (χ0) is 0. The molecule has 0 aliphatic heterocycles. The van der Waals surface area contributed by atoms with Crippen molar-refractivity contribution in [2.75, 3.05) is 0 Å². The topological polar surface area (TPSA) is 0 Å². The summed E-state index contributed by atoms with van der Waals surface area (Å²) in [6.07, 6.45) is 0. The van der Waals surface area contributed by atoms with Gasteiger partial charge in [-0.3, -0.25) is 0 Å². The van der Waals surface area contributed by atoms with E-state index in [-0.39, 0.29) is 94.8 Å². The normalized spacial score (nSPS) is 0. The summed E-state index contributed by atoms with van der Waals surface area (Å²) in [4.78, 5) is 0. The van der Waals surface area contributed by atoms with Gasteiger partial charge < -0.3 is 0 Å². The number of hydrogen-bond donors (Lipinski definition) is 0. The molecule has 0 saturated heterocycles. The monoisotopic (exact) mass is 367 g/mol. The molecule has 0 atom stereocenters. The second-order valence-electron chi connectivity index (χ2n) is 0. The van der Waals surface area contributed by atoms with Gasteiger partial charge >= 0.3 is 0 Å². The third kappa shape index (κ3) is 8.90. The summed E-state index contributed by atoms with van der Waals surface area (Å²) in [5.41, 5.74) is 0. The zero-order valence-electron chi connectivity index (χ0n) is 1.47. The minimum Gasteiger partial charge on any atom is 0 e. The Labute approximate surface area is 92.9 Å². The van der Waals surface area contributed by atoms with E-state index in [1.807, 2.05) is 0 Å². The SMILES string of the molecule is [Co].[Fe].[Nb].[Tb]. The summed E-state index contributed by atoms with van der Waals surface area (Å²) in [6, 6.07) is 0. The molecule has 0 aliphatic rings. The Bertz CT molecular complexity index is 8.00. The smallest absolute Gasteiger partial charge is 0 e. The van der Waals surface area contributed by atoms with Crippen molar-refractivity contribution in [2.45, 2.75) is 0 Å². The first-order chi connectivity index (χ1) is 0. The van der Waals surface area contributed by atoms with Gasteiger partial charge in [-0.15, -0.1) is 0 Å². The predicted octanol–water partition coefficient (Wildman–Crippen LogP) is -0.00750. The predicted molar refractivity (Wildman–Crippen MR) is 0 cm³/mol. The van der Waals surface area contributed by atoms with Gasteiger partial charge in [-0.05, 0) is 0 Å². The summed E-state index contributed by atoms with van der Waals surface area (Å²) < 4.78 is 0. The van der Waals surface area contributed by atoms with Gasteiger partial charge in [-0.1, -0.05) is 0 Å². The van der Waals surface area contributed by atoms with Gasteiger partial charge in [0.25, 0.3) is 0 Å². The van der Waals surface area contributed by atoms with E-state index in [9.17, 15) is 0 Å². The molecule has 3 radical (unpaired) electrons. The van der Waals surface area contributed by atoms with Gasteiger partial charge in [0.05, 0.1) is 0 Å². The number of rotatable bonds is 0. The summed E-state index contributed by atoms with van der Waals surface area (Å²) in [5.74, 6) is 0. The van der Waals surface area contributed by atoms with E-state index in [2.05, 4.69) is 0 Å². The van der Waals surface area contributed by atoms with E-state index >= 15 is 0 Å². The van der Waals surface area contributed by atoms with Gasteiger partial charge in [0.15, 0.2) is 0 Å². The van der Waals surface area contributed by atoms with Gasteiger partial charge in [-0.2, -0.15) is 0 Å². The Hall–Kier alpha value is 3.05. The maximum Gasteiger partial charge on any atom is 0 e. The number of hydrogen-bond acceptors (Lipinski definition) is 0. The van der Waals surface area contributed by atoms with Crippen LogP contribution in [-0.2, 0) is 56.2 Å². The van der Waals surface area contributed by atoms with Crippen molar-refractivity contribution in [3.63, 3.8) is 0 Å². The quantitative estimate of drug-likeness (QED) is 0.529. The van der Waals surface area contributed by atoms with E-state index in [1.165, 1.54) is 0 Å². The van der Waals surface area contributed by atoms with Crippen LogP contribution in [0.25, 0.3) is 0 Å². The molecular weight excluding hydrogens is 367 g/mol. The molecule has 0 aromatic heterocycles. The van der Waals surface area contributed by atoms with Crippen LogP contribution in [0.3, 0.4) is 0 Å². The first kappa shape index (κ1) is 27.7. The molecule has 0 nitrogen and oxygen atoms in total. The zero-order valence-corrected chi connectivity index (χ0v) is 7.95. The van der Waals surface area contributed by atoms with E-state index in [0.717, 1.165) is 0 Å². The van der Waals surface area contributed by atoms with Crippen molar-refractivity contribution in [1.29, 1.82) is 0 Å². The van der Waals surface area contributed by atoms with Gasteiger partial charge in [0.1, 0.15) is 0 Å². The van der Waals surface area contributed by atoms with Crippen LogP contribution in [0.15, 0.2) is 0 Å². The molecule has 0 aliphatic carbocycles. The van der Waals surface area contributed by atoms with Crippen molar-refractivity contribution >= 4 is 0 Å². The molecule has 0 rings (SSSR count). The molecule has 4 heavy (non-hydrogen) atoms. The van der Waals surface area contributed by atoms with Gasteiger partial charge in [0, 0.05) is 94.8 Å². The Kier molecular flexibility index (Phi) is 115. The Morgan fingerprint density at radius 3 is 1.00 bits per heavy atom. The summed E-state index contributed by atoms with van der Waals surface area (Å²) in [6.45, 7) is 0. The van der Waals surface area contributed by atoms with Crippen LogP contribution in [0.1, 0.15) is 0 Å². The van der Waals surface area contributed by atoms with E-state index in [0.29, 0.717) is 0 Å². The molecule has 4 heteroatoms. The minimum absolute atomic E-state index is 0.